The summed E-state index contributed by atoms with van der Waals surface area (Å²) >= 11 is 1.63. The van der Waals surface area contributed by atoms with Gasteiger partial charge in [0.2, 0.25) is 5.91 Å². The molecule has 27 heavy (non-hydrogen) atoms. The van der Waals surface area contributed by atoms with Crippen molar-refractivity contribution in [2.75, 3.05) is 20.3 Å². The minimum Gasteiger partial charge on any atom is -0.497 e. The number of amides is 1. The zero-order chi connectivity index (χ0) is 18.6. The summed E-state index contributed by atoms with van der Waals surface area (Å²) in [5.41, 5.74) is 2.03. The van der Waals surface area contributed by atoms with Crippen LogP contribution >= 0.6 is 11.3 Å². The van der Waals surface area contributed by atoms with Crippen LogP contribution in [0.1, 0.15) is 37.1 Å². The lowest BCUT2D eigenvalue weighted by Crippen LogP contribution is -2.54. The van der Waals surface area contributed by atoms with Crippen molar-refractivity contribution in [2.24, 2.45) is 0 Å². The summed E-state index contributed by atoms with van der Waals surface area (Å²) in [5.74, 6) is 1.09. The van der Waals surface area contributed by atoms with Crippen molar-refractivity contribution in [3.05, 3.63) is 34.7 Å². The number of hydrogen-bond acceptors (Lipinski definition) is 5. The fourth-order valence-corrected chi connectivity index (χ4v) is 4.89. The van der Waals surface area contributed by atoms with Crippen LogP contribution in [0.5, 0.6) is 5.75 Å². The number of aryl methyl sites for hydroxylation is 1. The summed E-state index contributed by atoms with van der Waals surface area (Å²) in [5, 5.41) is 3.08. The highest BCUT2D eigenvalue weighted by Crippen LogP contribution is 2.29. The molecule has 2 fully saturated rings. The average molecular weight is 387 g/mol. The highest BCUT2D eigenvalue weighted by atomic mass is 32.1. The van der Waals surface area contributed by atoms with E-state index in [2.05, 4.69) is 10.3 Å². The first kappa shape index (κ1) is 18.4. The second-order valence-corrected chi connectivity index (χ2v) is 8.15. The molecule has 5 nitrogen and oxygen atoms in total. The van der Waals surface area contributed by atoms with Crippen LogP contribution in [-0.2, 0) is 16.0 Å². The smallest absolute Gasteiger partial charge is 0.223 e. The van der Waals surface area contributed by atoms with Gasteiger partial charge in [0.1, 0.15) is 5.75 Å². The number of carbonyl (C=O) groups excluding carboxylic acids is 1. The monoisotopic (exact) mass is 386 g/mol. The van der Waals surface area contributed by atoms with Gasteiger partial charge in [-0.3, -0.25) is 4.79 Å². The van der Waals surface area contributed by atoms with Gasteiger partial charge in [0, 0.05) is 30.3 Å². The Hall–Kier alpha value is -1.92. The molecule has 1 aliphatic carbocycles. The second-order valence-electron chi connectivity index (χ2n) is 7.20. The third-order valence-corrected chi connectivity index (χ3v) is 6.45. The standard InChI is InChI=1S/C21H26N2O3S/c1-25-16-8-6-15(7-9-16)17-14-27-20(22-17)10-11-21(24)23-12-13-26-19-5-3-2-4-18(19)23/h6-9,14,18-19H,2-5,10-13H2,1H3. The van der Waals surface area contributed by atoms with E-state index in [0.29, 0.717) is 19.4 Å². The predicted octanol–water partition coefficient (Wildman–Crippen LogP) is 3.92. The van der Waals surface area contributed by atoms with Crippen molar-refractivity contribution >= 4 is 17.2 Å². The van der Waals surface area contributed by atoms with Crippen LogP contribution in [0, 0.1) is 0 Å². The molecule has 0 spiro atoms. The summed E-state index contributed by atoms with van der Waals surface area (Å²) < 4.78 is 11.1. The van der Waals surface area contributed by atoms with Gasteiger partial charge in [-0.25, -0.2) is 4.98 Å². The second kappa shape index (κ2) is 8.40. The number of carbonyl (C=O) groups is 1. The molecule has 4 rings (SSSR count). The number of morpholine rings is 1. The van der Waals surface area contributed by atoms with Crippen LogP contribution in [0.2, 0.25) is 0 Å². The molecule has 1 aliphatic heterocycles. The minimum absolute atomic E-state index is 0.247. The van der Waals surface area contributed by atoms with Crippen LogP contribution < -0.4 is 4.74 Å². The van der Waals surface area contributed by atoms with E-state index in [1.807, 2.05) is 24.3 Å². The summed E-state index contributed by atoms with van der Waals surface area (Å²) in [6, 6.07) is 8.19. The van der Waals surface area contributed by atoms with Crippen molar-refractivity contribution in [3.63, 3.8) is 0 Å². The minimum atomic E-state index is 0.247. The van der Waals surface area contributed by atoms with E-state index in [-0.39, 0.29) is 18.1 Å². The Kier molecular flexibility index (Phi) is 5.74. The number of nitrogens with zero attached hydrogens (tertiary/aromatic N) is 2. The van der Waals surface area contributed by atoms with Crippen molar-refractivity contribution < 1.29 is 14.3 Å². The molecule has 1 aromatic heterocycles. The molecule has 144 valence electrons. The molecule has 0 bridgehead atoms. The number of fused-ring (bicyclic) bond motifs is 1. The van der Waals surface area contributed by atoms with Crippen LogP contribution in [-0.4, -0.2) is 48.2 Å². The molecule has 0 N–H and O–H groups in total. The molecule has 1 saturated heterocycles. The Labute approximate surface area is 164 Å². The Bertz CT molecular complexity index is 772. The molecule has 2 atom stereocenters. The maximum atomic E-state index is 12.8. The van der Waals surface area contributed by atoms with Gasteiger partial charge in [-0.2, -0.15) is 0 Å². The number of ether oxygens (including phenoxy) is 2. The third kappa shape index (κ3) is 4.17. The van der Waals surface area contributed by atoms with E-state index in [9.17, 15) is 4.79 Å². The fraction of sp³-hybridized carbons (Fsp3) is 0.524. The number of hydrogen-bond donors (Lipinski definition) is 0. The number of aromatic nitrogens is 1. The first-order chi connectivity index (χ1) is 13.2. The third-order valence-electron chi connectivity index (χ3n) is 5.54. The van der Waals surface area contributed by atoms with Crippen LogP contribution in [0.15, 0.2) is 29.6 Å². The van der Waals surface area contributed by atoms with E-state index in [0.717, 1.165) is 41.4 Å². The summed E-state index contributed by atoms with van der Waals surface area (Å²) in [6.07, 6.45) is 6.06. The van der Waals surface area contributed by atoms with E-state index in [1.165, 1.54) is 12.8 Å². The van der Waals surface area contributed by atoms with Crippen LogP contribution in [0.25, 0.3) is 11.3 Å². The molecule has 2 heterocycles. The molecular formula is C21H26N2O3S. The number of benzene rings is 1. The molecule has 2 aliphatic rings. The SMILES string of the molecule is COc1ccc(-c2csc(CCC(=O)N3CCOC4CCCCC43)n2)cc1. The normalized spacial score (nSPS) is 22.3. The van der Waals surface area contributed by atoms with Gasteiger partial charge in [-0.1, -0.05) is 12.8 Å². The molecule has 1 aromatic carbocycles. The Balaban J connectivity index is 1.35. The number of methoxy groups -OCH3 is 1. The van der Waals surface area contributed by atoms with Crippen molar-refractivity contribution in [1.82, 2.24) is 9.88 Å². The molecule has 1 amide bonds. The highest BCUT2D eigenvalue weighted by Gasteiger charge is 2.36. The van der Waals surface area contributed by atoms with Gasteiger partial charge in [0.05, 0.1) is 36.6 Å². The van der Waals surface area contributed by atoms with Crippen molar-refractivity contribution in [2.45, 2.75) is 50.7 Å². The average Bonchev–Trinajstić information content (AvgIpc) is 3.20. The summed E-state index contributed by atoms with van der Waals surface area (Å²) in [7, 11) is 1.66. The van der Waals surface area contributed by atoms with E-state index in [1.54, 1.807) is 18.4 Å². The zero-order valence-electron chi connectivity index (χ0n) is 15.7. The number of rotatable bonds is 5. The van der Waals surface area contributed by atoms with E-state index < -0.39 is 0 Å². The van der Waals surface area contributed by atoms with Crippen LogP contribution in [0.3, 0.4) is 0 Å². The lowest BCUT2D eigenvalue weighted by atomic mass is 9.90. The molecular weight excluding hydrogens is 360 g/mol. The lowest BCUT2D eigenvalue weighted by Gasteiger charge is -2.43. The van der Waals surface area contributed by atoms with E-state index >= 15 is 0 Å². The Morgan fingerprint density at radius 3 is 2.93 bits per heavy atom. The highest BCUT2D eigenvalue weighted by molar-refractivity contribution is 7.09. The summed E-state index contributed by atoms with van der Waals surface area (Å²) in [6.45, 7) is 1.40. The fourth-order valence-electron chi connectivity index (χ4n) is 4.08. The molecule has 0 radical (unpaired) electrons. The van der Waals surface area contributed by atoms with Gasteiger partial charge in [-0.15, -0.1) is 11.3 Å². The largest absolute Gasteiger partial charge is 0.497 e. The quantitative estimate of drug-likeness (QED) is 0.781. The molecule has 6 heteroatoms. The lowest BCUT2D eigenvalue weighted by molar-refractivity contribution is -0.149. The van der Waals surface area contributed by atoms with Gasteiger partial charge in [0.25, 0.3) is 0 Å². The molecule has 2 unspecified atom stereocenters. The van der Waals surface area contributed by atoms with Crippen molar-refractivity contribution in [3.8, 4) is 17.0 Å². The maximum absolute atomic E-state index is 12.8. The molecule has 2 aromatic rings. The van der Waals surface area contributed by atoms with E-state index in [4.69, 9.17) is 14.5 Å². The van der Waals surface area contributed by atoms with Gasteiger partial charge < -0.3 is 14.4 Å². The Morgan fingerprint density at radius 1 is 1.30 bits per heavy atom. The Morgan fingerprint density at radius 2 is 2.11 bits per heavy atom. The first-order valence-corrected chi connectivity index (χ1v) is 10.6. The zero-order valence-corrected chi connectivity index (χ0v) is 16.5. The maximum Gasteiger partial charge on any atom is 0.223 e. The topological polar surface area (TPSA) is 51.7 Å². The van der Waals surface area contributed by atoms with Gasteiger partial charge >= 0.3 is 0 Å². The number of thiazole rings is 1. The van der Waals surface area contributed by atoms with Crippen molar-refractivity contribution in [1.29, 1.82) is 0 Å². The van der Waals surface area contributed by atoms with Gasteiger partial charge in [0.15, 0.2) is 0 Å². The van der Waals surface area contributed by atoms with Crippen LogP contribution in [0.4, 0.5) is 0 Å². The van der Waals surface area contributed by atoms with Gasteiger partial charge in [-0.05, 0) is 37.1 Å². The predicted molar refractivity (Wildman–Crippen MR) is 106 cm³/mol. The summed E-state index contributed by atoms with van der Waals surface area (Å²) in [4.78, 5) is 19.6. The first-order valence-electron chi connectivity index (χ1n) is 9.74. The molecule has 1 saturated carbocycles.